The molecule has 4 heterocycles. The van der Waals surface area contributed by atoms with E-state index >= 15 is 0 Å². The number of pyridine rings is 1. The Hall–Kier alpha value is -4.10. The van der Waals surface area contributed by atoms with Gasteiger partial charge in [0.1, 0.15) is 11.2 Å². The molecule has 4 nitrogen and oxygen atoms in total. The highest BCUT2D eigenvalue weighted by atomic mass is 16.3. The van der Waals surface area contributed by atoms with Crippen LogP contribution in [0, 0.1) is 57.7 Å². The first-order valence-corrected chi connectivity index (χ1v) is 23.5. The molecule has 0 N–H and O–H groups in total. The molecule has 12 atom stereocenters. The van der Waals surface area contributed by atoms with E-state index in [0.29, 0.717) is 40.4 Å². The van der Waals surface area contributed by atoms with Gasteiger partial charge in [0.25, 0.3) is 0 Å². The molecule has 8 fully saturated rings. The molecule has 12 aliphatic carbocycles. The number of benzene rings is 3. The number of rotatable bonds is 0. The molecule has 8 saturated carbocycles. The number of hydrogen-bond donors (Lipinski definition) is 0. The Labute approximate surface area is 331 Å². The zero-order valence-electron chi connectivity index (χ0n) is 32.7. The molecule has 57 heavy (non-hydrogen) atoms. The maximum atomic E-state index is 11.1. The summed E-state index contributed by atoms with van der Waals surface area (Å²) in [6.45, 7) is 0. The van der Waals surface area contributed by atoms with Gasteiger partial charge in [0.15, 0.2) is 0 Å². The van der Waals surface area contributed by atoms with Crippen molar-refractivity contribution in [3.63, 3.8) is 0 Å². The summed E-state index contributed by atoms with van der Waals surface area (Å²) < 4.78 is 10.1. The second-order valence-corrected chi connectivity index (χ2v) is 23.1. The lowest BCUT2D eigenvalue weighted by Crippen LogP contribution is -2.41. The van der Waals surface area contributed by atoms with Crippen molar-refractivity contribution in [3.8, 4) is 6.07 Å². The van der Waals surface area contributed by atoms with Gasteiger partial charge in [-0.05, 0) is 224 Å². The van der Waals surface area contributed by atoms with Crippen LogP contribution >= 0.6 is 0 Å². The van der Waals surface area contributed by atoms with E-state index < -0.39 is 0 Å². The van der Waals surface area contributed by atoms with E-state index in [1.165, 1.54) is 156 Å². The van der Waals surface area contributed by atoms with Gasteiger partial charge in [0.2, 0.25) is 0 Å². The molecular weight excluding hydrogens is 695 g/mol. The maximum Gasteiger partial charge on any atom is 0.145 e. The van der Waals surface area contributed by atoms with Gasteiger partial charge in [-0.2, -0.15) is 5.26 Å². The van der Waals surface area contributed by atoms with Crippen LogP contribution in [-0.2, 0) is 0 Å². The molecule has 0 saturated heterocycles. The van der Waals surface area contributed by atoms with Crippen molar-refractivity contribution in [2.75, 3.05) is 0 Å². The van der Waals surface area contributed by atoms with Gasteiger partial charge in [-0.15, -0.1) is 0 Å². The predicted octanol–water partition coefficient (Wildman–Crippen LogP) is 13.2. The third-order valence-corrected chi connectivity index (χ3v) is 21.6. The SMILES string of the molecule is N#Cc1cc2c(c3c1C1CC4CC5CC3CC45C1)c1c3oc4cc5c(cc4c3cc3c4c6c(ncc4n2c31)C1CC2CC(C1)CC6C2)C1CC2CC3CC5CC32C1. The second kappa shape index (κ2) is 8.76. The first-order chi connectivity index (χ1) is 28.0. The quantitative estimate of drug-likeness (QED) is 0.155. The molecule has 0 radical (unpaired) electrons. The van der Waals surface area contributed by atoms with Crippen molar-refractivity contribution in [3.05, 3.63) is 69.5 Å². The van der Waals surface area contributed by atoms with Gasteiger partial charge in [-0.3, -0.25) is 4.98 Å². The highest BCUT2D eigenvalue weighted by molar-refractivity contribution is 6.34. The molecule has 2 spiro atoms. The zero-order chi connectivity index (χ0) is 36.2. The average Bonchev–Trinajstić information content (AvgIpc) is 4.03. The highest BCUT2D eigenvalue weighted by Gasteiger charge is 2.67. The summed E-state index contributed by atoms with van der Waals surface area (Å²) in [6.07, 6.45) is 22.9. The summed E-state index contributed by atoms with van der Waals surface area (Å²) in [5, 5.41) is 19.5. The van der Waals surface area contributed by atoms with Gasteiger partial charge >= 0.3 is 0 Å². The van der Waals surface area contributed by atoms with Crippen molar-refractivity contribution in [1.82, 2.24) is 9.38 Å². The lowest BCUT2D eigenvalue weighted by atomic mass is 9.56. The zero-order valence-corrected chi connectivity index (χ0v) is 32.7. The van der Waals surface area contributed by atoms with Crippen molar-refractivity contribution in [1.29, 1.82) is 5.26 Å². The average molecular weight is 742 g/mol. The minimum atomic E-state index is 0.525. The molecule has 4 heteroatoms. The lowest BCUT2D eigenvalue weighted by molar-refractivity contribution is 0.00321. The smallest absolute Gasteiger partial charge is 0.145 e. The molecule has 3 aromatic carbocycles. The highest BCUT2D eigenvalue weighted by Crippen LogP contribution is 2.78. The first kappa shape index (κ1) is 29.2. The molecule has 12 unspecified atom stereocenters. The monoisotopic (exact) mass is 741 g/mol. The fraction of sp³-hybridized carbons (Fsp3) is 0.547. The van der Waals surface area contributed by atoms with Crippen LogP contribution in [0.2, 0.25) is 0 Å². The third-order valence-electron chi connectivity index (χ3n) is 21.6. The summed E-state index contributed by atoms with van der Waals surface area (Å²) in [5.41, 5.74) is 17.7. The third kappa shape index (κ3) is 2.91. The molecule has 10 bridgehead atoms. The van der Waals surface area contributed by atoms with E-state index in [0.717, 1.165) is 58.2 Å². The predicted molar refractivity (Wildman–Crippen MR) is 222 cm³/mol. The summed E-state index contributed by atoms with van der Waals surface area (Å²) in [4.78, 5) is 5.54. The largest absolute Gasteiger partial charge is 0.455 e. The number of hydrogen-bond acceptors (Lipinski definition) is 3. The van der Waals surface area contributed by atoms with Crippen LogP contribution in [0.25, 0.3) is 60.0 Å². The van der Waals surface area contributed by atoms with Crippen LogP contribution in [0.5, 0.6) is 0 Å². The molecule has 12 aliphatic rings. The molecule has 7 aromatic rings. The van der Waals surface area contributed by atoms with E-state index in [4.69, 9.17) is 9.40 Å². The Bertz CT molecular complexity index is 3200. The van der Waals surface area contributed by atoms with Gasteiger partial charge in [-0.25, -0.2) is 0 Å². The standard InChI is InChI=1S/C53H47N3O/c54-20-30-10-40-47(44-29-9-34-12-33-8-28(43(30)44)18-53(33,34)19-29)48-50-39(46-41(56(40)50)21-55-49-25-4-22-1-23(5-25)3-24(2-22)45(46)49)14-38-37-13-35-26-6-31-11-32-7-27(17-52(31,32)16-26)36(35)15-42(37)57-51(38)48/h10,13-15,21-29,31-34H,1-9,11-12,16-19H2. The Kier molecular flexibility index (Phi) is 4.48. The van der Waals surface area contributed by atoms with Gasteiger partial charge in [-0.1, -0.05) is 0 Å². The minimum Gasteiger partial charge on any atom is -0.455 e. The van der Waals surface area contributed by atoms with Gasteiger partial charge in [0.05, 0.1) is 39.8 Å². The Morgan fingerprint density at radius 3 is 1.98 bits per heavy atom. The molecule has 0 aliphatic heterocycles. The number of nitrogens with zero attached hydrogens (tertiary/aromatic N) is 3. The molecular formula is C53H47N3O. The molecule has 0 amide bonds. The molecule has 4 aromatic heterocycles. The van der Waals surface area contributed by atoms with Crippen molar-refractivity contribution >= 4 is 60.0 Å². The number of furan rings is 1. The normalized spacial score (nSPS) is 42.9. The Morgan fingerprint density at radius 1 is 0.579 bits per heavy atom. The lowest BCUT2D eigenvalue weighted by Gasteiger charge is -2.48. The number of nitriles is 1. The van der Waals surface area contributed by atoms with Crippen LogP contribution in [0.4, 0.5) is 0 Å². The topological polar surface area (TPSA) is 54.2 Å². The fourth-order valence-electron chi connectivity index (χ4n) is 20.1. The van der Waals surface area contributed by atoms with E-state index in [-0.39, 0.29) is 0 Å². The van der Waals surface area contributed by atoms with Crippen molar-refractivity contribution in [2.45, 2.75) is 132 Å². The number of fused-ring (bicyclic) bond motifs is 21. The minimum absolute atomic E-state index is 0.525. The maximum absolute atomic E-state index is 11.1. The van der Waals surface area contributed by atoms with E-state index in [1.54, 1.807) is 22.3 Å². The van der Waals surface area contributed by atoms with Gasteiger partial charge in [0, 0.05) is 38.5 Å². The fourth-order valence-corrected chi connectivity index (χ4v) is 20.1. The Morgan fingerprint density at radius 2 is 1.25 bits per heavy atom. The van der Waals surface area contributed by atoms with Gasteiger partial charge < -0.3 is 8.82 Å². The summed E-state index contributed by atoms with van der Waals surface area (Å²) in [7, 11) is 0. The molecule has 19 rings (SSSR count). The van der Waals surface area contributed by atoms with Crippen molar-refractivity contribution < 1.29 is 4.42 Å². The van der Waals surface area contributed by atoms with Crippen LogP contribution in [0.15, 0.2) is 34.9 Å². The van der Waals surface area contributed by atoms with E-state index in [1.807, 2.05) is 0 Å². The summed E-state index contributed by atoms with van der Waals surface area (Å²) in [6, 6.07) is 13.1. The summed E-state index contributed by atoms with van der Waals surface area (Å²) in [5.74, 6) is 9.14. The summed E-state index contributed by atoms with van der Waals surface area (Å²) >= 11 is 0. The number of aromatic nitrogens is 2. The van der Waals surface area contributed by atoms with E-state index in [9.17, 15) is 5.26 Å². The van der Waals surface area contributed by atoms with Crippen LogP contribution in [0.3, 0.4) is 0 Å². The van der Waals surface area contributed by atoms with Crippen LogP contribution in [0.1, 0.15) is 171 Å². The Balaban J connectivity index is 1.02. The van der Waals surface area contributed by atoms with E-state index in [2.05, 4.69) is 40.9 Å². The van der Waals surface area contributed by atoms with Crippen LogP contribution < -0.4 is 0 Å². The molecule has 280 valence electrons. The van der Waals surface area contributed by atoms with Crippen LogP contribution in [-0.4, -0.2) is 9.38 Å². The first-order valence-electron chi connectivity index (χ1n) is 23.5. The second-order valence-electron chi connectivity index (χ2n) is 23.1. The van der Waals surface area contributed by atoms with Crippen molar-refractivity contribution in [2.24, 2.45) is 46.3 Å².